The van der Waals surface area contributed by atoms with E-state index in [9.17, 15) is 9.59 Å². The Balaban J connectivity index is 2.22. The van der Waals surface area contributed by atoms with Gasteiger partial charge in [-0.25, -0.2) is 4.79 Å². The minimum absolute atomic E-state index is 0.0415. The highest BCUT2D eigenvalue weighted by atomic mass is 16.5. The Hall–Kier alpha value is -2.62. The van der Waals surface area contributed by atoms with Gasteiger partial charge in [0.15, 0.2) is 0 Å². The van der Waals surface area contributed by atoms with E-state index < -0.39 is 0 Å². The molecule has 0 unspecified atom stereocenters. The third-order valence-electron chi connectivity index (χ3n) is 3.45. The largest absolute Gasteiger partial charge is 0.465 e. The quantitative estimate of drug-likeness (QED) is 0.882. The molecule has 0 saturated heterocycles. The number of aryl methyl sites for hydroxylation is 1. The molecule has 2 aromatic carbocycles. The second-order valence-corrected chi connectivity index (χ2v) is 5.13. The maximum absolute atomic E-state index is 11.4. The van der Waals surface area contributed by atoms with Gasteiger partial charge in [-0.3, -0.25) is 4.79 Å². The third kappa shape index (κ3) is 3.73. The van der Waals surface area contributed by atoms with Crippen LogP contribution in [0.4, 0.5) is 0 Å². The molecule has 4 heteroatoms. The van der Waals surface area contributed by atoms with Gasteiger partial charge < -0.3 is 10.1 Å². The fourth-order valence-electron chi connectivity index (χ4n) is 2.29. The molecule has 114 valence electrons. The number of nitrogens with one attached hydrogen (secondary N) is 1. The first-order chi connectivity index (χ1) is 10.5. The Morgan fingerprint density at radius 1 is 1.09 bits per heavy atom. The zero-order valence-electron chi connectivity index (χ0n) is 13.0. The summed E-state index contributed by atoms with van der Waals surface area (Å²) < 4.78 is 4.69. The van der Waals surface area contributed by atoms with Crippen molar-refractivity contribution in [2.45, 2.75) is 20.4 Å². The molecular weight excluding hydrogens is 278 g/mol. The molecule has 22 heavy (non-hydrogen) atoms. The van der Waals surface area contributed by atoms with Crippen LogP contribution in [0.5, 0.6) is 0 Å². The Kier molecular flexibility index (Phi) is 4.94. The molecule has 2 rings (SSSR count). The van der Waals surface area contributed by atoms with E-state index in [4.69, 9.17) is 4.74 Å². The second kappa shape index (κ2) is 6.89. The van der Waals surface area contributed by atoms with E-state index in [-0.39, 0.29) is 11.9 Å². The molecule has 1 N–H and O–H groups in total. The average Bonchev–Trinajstić information content (AvgIpc) is 2.52. The number of hydrogen-bond acceptors (Lipinski definition) is 3. The first-order valence-electron chi connectivity index (χ1n) is 7.04. The summed E-state index contributed by atoms with van der Waals surface area (Å²) in [6.07, 6.45) is 0. The van der Waals surface area contributed by atoms with Gasteiger partial charge in [-0.2, -0.15) is 0 Å². The van der Waals surface area contributed by atoms with Crippen molar-refractivity contribution in [3.8, 4) is 11.1 Å². The highest BCUT2D eigenvalue weighted by Crippen LogP contribution is 2.24. The van der Waals surface area contributed by atoms with Crippen molar-refractivity contribution in [3.63, 3.8) is 0 Å². The van der Waals surface area contributed by atoms with E-state index in [0.717, 1.165) is 22.3 Å². The van der Waals surface area contributed by atoms with Crippen molar-refractivity contribution in [2.24, 2.45) is 0 Å². The van der Waals surface area contributed by atoms with Gasteiger partial charge in [0, 0.05) is 13.5 Å². The number of benzene rings is 2. The van der Waals surface area contributed by atoms with Gasteiger partial charge in [-0.15, -0.1) is 0 Å². The summed E-state index contributed by atoms with van der Waals surface area (Å²) in [6, 6.07) is 13.4. The van der Waals surface area contributed by atoms with Gasteiger partial charge in [-0.1, -0.05) is 30.3 Å². The van der Waals surface area contributed by atoms with Crippen LogP contribution in [0.2, 0.25) is 0 Å². The maximum Gasteiger partial charge on any atom is 0.337 e. The lowest BCUT2D eigenvalue weighted by molar-refractivity contribution is -0.119. The summed E-state index contributed by atoms with van der Waals surface area (Å²) in [5, 5.41) is 2.78. The standard InChI is InChI=1S/C18H19NO3/c1-12-10-14(11-19-13(2)20)4-9-17(12)15-5-7-16(8-6-15)18(21)22-3/h4-10H,11H2,1-3H3,(H,19,20). The summed E-state index contributed by atoms with van der Waals surface area (Å²) in [5.74, 6) is -0.381. The summed E-state index contributed by atoms with van der Waals surface area (Å²) >= 11 is 0. The number of amides is 1. The number of esters is 1. The molecule has 0 heterocycles. The van der Waals surface area contributed by atoms with E-state index >= 15 is 0 Å². The van der Waals surface area contributed by atoms with Crippen LogP contribution in [0.25, 0.3) is 11.1 Å². The molecule has 0 atom stereocenters. The number of hydrogen-bond donors (Lipinski definition) is 1. The topological polar surface area (TPSA) is 55.4 Å². The van der Waals surface area contributed by atoms with Gasteiger partial charge in [-0.05, 0) is 41.3 Å². The smallest absolute Gasteiger partial charge is 0.337 e. The first-order valence-corrected chi connectivity index (χ1v) is 7.04. The molecule has 2 aromatic rings. The second-order valence-electron chi connectivity index (χ2n) is 5.13. The number of rotatable bonds is 4. The van der Waals surface area contributed by atoms with Crippen molar-refractivity contribution < 1.29 is 14.3 Å². The van der Waals surface area contributed by atoms with Gasteiger partial charge in [0.05, 0.1) is 12.7 Å². The van der Waals surface area contributed by atoms with E-state index in [1.54, 1.807) is 12.1 Å². The fourth-order valence-corrected chi connectivity index (χ4v) is 2.29. The van der Waals surface area contributed by atoms with Gasteiger partial charge >= 0.3 is 5.97 Å². The molecular formula is C18H19NO3. The number of methoxy groups -OCH3 is 1. The highest BCUT2D eigenvalue weighted by molar-refractivity contribution is 5.90. The van der Waals surface area contributed by atoms with E-state index in [1.807, 2.05) is 31.2 Å². The lowest BCUT2D eigenvalue weighted by Crippen LogP contribution is -2.18. The van der Waals surface area contributed by atoms with Crippen LogP contribution >= 0.6 is 0 Å². The molecule has 0 aliphatic heterocycles. The predicted molar refractivity (Wildman–Crippen MR) is 85.5 cm³/mol. The monoisotopic (exact) mass is 297 g/mol. The van der Waals surface area contributed by atoms with Crippen molar-refractivity contribution in [2.75, 3.05) is 7.11 Å². The zero-order valence-corrected chi connectivity index (χ0v) is 13.0. The molecule has 1 amide bonds. The van der Waals surface area contributed by atoms with E-state index in [2.05, 4.69) is 11.4 Å². The molecule has 4 nitrogen and oxygen atoms in total. The van der Waals surface area contributed by atoms with Crippen LogP contribution in [0.15, 0.2) is 42.5 Å². The van der Waals surface area contributed by atoms with E-state index in [0.29, 0.717) is 12.1 Å². The van der Waals surface area contributed by atoms with Crippen molar-refractivity contribution in [3.05, 3.63) is 59.2 Å². The molecule has 0 aromatic heterocycles. The first kappa shape index (κ1) is 15.8. The summed E-state index contributed by atoms with van der Waals surface area (Å²) in [4.78, 5) is 22.4. The van der Waals surface area contributed by atoms with Crippen LogP contribution < -0.4 is 5.32 Å². The minimum atomic E-state index is -0.339. The van der Waals surface area contributed by atoms with E-state index in [1.165, 1.54) is 14.0 Å². The molecule has 0 aliphatic carbocycles. The van der Waals surface area contributed by atoms with Crippen LogP contribution in [-0.2, 0) is 16.1 Å². The van der Waals surface area contributed by atoms with Crippen molar-refractivity contribution >= 4 is 11.9 Å². The number of ether oxygens (including phenoxy) is 1. The Morgan fingerprint density at radius 3 is 2.32 bits per heavy atom. The lowest BCUT2D eigenvalue weighted by Gasteiger charge is -2.10. The predicted octanol–water partition coefficient (Wildman–Crippen LogP) is 3.08. The number of carbonyl (C=O) groups is 2. The van der Waals surface area contributed by atoms with Crippen LogP contribution in [0, 0.1) is 6.92 Å². The summed E-state index contributed by atoms with van der Waals surface area (Å²) in [5.41, 5.74) is 4.85. The summed E-state index contributed by atoms with van der Waals surface area (Å²) in [7, 11) is 1.37. The normalized spacial score (nSPS) is 10.1. The SMILES string of the molecule is COC(=O)c1ccc(-c2ccc(CNC(C)=O)cc2C)cc1. The van der Waals surface area contributed by atoms with Crippen LogP contribution in [0.3, 0.4) is 0 Å². The Morgan fingerprint density at radius 2 is 1.77 bits per heavy atom. The van der Waals surface area contributed by atoms with Gasteiger partial charge in [0.25, 0.3) is 0 Å². The van der Waals surface area contributed by atoms with Crippen LogP contribution in [-0.4, -0.2) is 19.0 Å². The lowest BCUT2D eigenvalue weighted by atomic mass is 9.97. The number of carbonyl (C=O) groups excluding carboxylic acids is 2. The highest BCUT2D eigenvalue weighted by Gasteiger charge is 2.07. The Labute approximate surface area is 130 Å². The maximum atomic E-state index is 11.4. The average molecular weight is 297 g/mol. The van der Waals surface area contributed by atoms with Gasteiger partial charge in [0.1, 0.15) is 0 Å². The molecule has 0 radical (unpaired) electrons. The molecule has 0 saturated carbocycles. The zero-order chi connectivity index (χ0) is 16.1. The Bertz CT molecular complexity index is 690. The molecule has 0 bridgehead atoms. The van der Waals surface area contributed by atoms with Gasteiger partial charge in [0.2, 0.25) is 5.91 Å². The third-order valence-corrected chi connectivity index (χ3v) is 3.45. The van der Waals surface area contributed by atoms with Crippen LogP contribution in [0.1, 0.15) is 28.4 Å². The minimum Gasteiger partial charge on any atom is -0.465 e. The molecule has 0 aliphatic rings. The molecule has 0 spiro atoms. The fraction of sp³-hybridized carbons (Fsp3) is 0.222. The summed E-state index contributed by atoms with van der Waals surface area (Å²) in [6.45, 7) is 4.06. The molecule has 0 fully saturated rings. The van der Waals surface area contributed by atoms with Crippen molar-refractivity contribution in [1.29, 1.82) is 0 Å². The van der Waals surface area contributed by atoms with Crippen molar-refractivity contribution in [1.82, 2.24) is 5.32 Å².